The first-order valence-electron chi connectivity index (χ1n) is 9.23. The molecule has 1 N–H and O–H groups in total. The number of hydrogen-bond acceptors (Lipinski definition) is 5. The highest BCUT2D eigenvalue weighted by Gasteiger charge is 2.27. The number of carbonyl (C=O) groups is 1. The van der Waals surface area contributed by atoms with Crippen molar-refractivity contribution in [2.75, 3.05) is 36.4 Å². The smallest absolute Gasteiger partial charge is 0.227 e. The minimum absolute atomic E-state index is 0.0145. The van der Waals surface area contributed by atoms with Gasteiger partial charge in [-0.15, -0.1) is 0 Å². The largest absolute Gasteiger partial charge is 0.338 e. The van der Waals surface area contributed by atoms with E-state index in [9.17, 15) is 4.79 Å². The zero-order valence-electron chi connectivity index (χ0n) is 14.9. The van der Waals surface area contributed by atoms with Gasteiger partial charge in [0.1, 0.15) is 5.82 Å². The molecule has 1 saturated heterocycles. The maximum Gasteiger partial charge on any atom is 0.227 e. The van der Waals surface area contributed by atoms with Crippen LogP contribution in [-0.4, -0.2) is 53.0 Å². The Morgan fingerprint density at radius 2 is 1.96 bits per heavy atom. The first kappa shape index (κ1) is 17.1. The Hall–Kier alpha value is -1.69. The van der Waals surface area contributed by atoms with Crippen LogP contribution in [0.1, 0.15) is 46.0 Å². The summed E-state index contributed by atoms with van der Waals surface area (Å²) >= 11 is 0. The molecule has 6 nitrogen and oxygen atoms in total. The molecule has 2 heterocycles. The van der Waals surface area contributed by atoms with Crippen molar-refractivity contribution in [3.8, 4) is 0 Å². The number of anilines is 2. The van der Waals surface area contributed by atoms with Gasteiger partial charge in [-0.2, -0.15) is 4.98 Å². The van der Waals surface area contributed by atoms with E-state index in [1.165, 1.54) is 25.7 Å². The van der Waals surface area contributed by atoms with E-state index in [0.29, 0.717) is 18.2 Å². The number of amides is 1. The van der Waals surface area contributed by atoms with E-state index in [1.54, 1.807) is 12.3 Å². The van der Waals surface area contributed by atoms with Crippen LogP contribution in [0.15, 0.2) is 12.3 Å². The number of piperazine rings is 1. The van der Waals surface area contributed by atoms with Gasteiger partial charge in [0.15, 0.2) is 0 Å². The Balaban J connectivity index is 1.55. The molecule has 6 heteroatoms. The van der Waals surface area contributed by atoms with Gasteiger partial charge < -0.3 is 10.2 Å². The van der Waals surface area contributed by atoms with Gasteiger partial charge in [0, 0.05) is 44.8 Å². The first-order chi connectivity index (χ1) is 11.6. The van der Waals surface area contributed by atoms with Gasteiger partial charge >= 0.3 is 0 Å². The summed E-state index contributed by atoms with van der Waals surface area (Å²) in [5.74, 6) is 1.68. The maximum absolute atomic E-state index is 11.9. The minimum Gasteiger partial charge on any atom is -0.338 e. The Morgan fingerprint density at radius 3 is 2.62 bits per heavy atom. The Kier molecular flexibility index (Phi) is 5.66. The summed E-state index contributed by atoms with van der Waals surface area (Å²) in [6.45, 7) is 8.15. The number of aromatic nitrogens is 2. The van der Waals surface area contributed by atoms with Crippen LogP contribution in [0, 0.1) is 5.92 Å². The SMILES string of the molecule is CC(C)CC(=O)Nc1ccnc(N2CCN(C3CCCC3)CC2)n1. The van der Waals surface area contributed by atoms with E-state index in [4.69, 9.17) is 0 Å². The van der Waals surface area contributed by atoms with Gasteiger partial charge in [-0.1, -0.05) is 26.7 Å². The fraction of sp³-hybridized carbons (Fsp3) is 0.722. The monoisotopic (exact) mass is 331 g/mol. The standard InChI is InChI=1S/C18H29N5O/c1-14(2)13-17(24)20-16-7-8-19-18(21-16)23-11-9-22(10-12-23)15-5-3-4-6-15/h7-8,14-15H,3-6,9-13H2,1-2H3,(H,19,20,21,24). The van der Waals surface area contributed by atoms with Crippen molar-refractivity contribution in [2.45, 2.75) is 52.0 Å². The van der Waals surface area contributed by atoms with Gasteiger partial charge in [0.2, 0.25) is 11.9 Å². The molecule has 2 aliphatic rings. The molecule has 0 spiro atoms. The van der Waals surface area contributed by atoms with Crippen LogP contribution in [0.5, 0.6) is 0 Å². The summed E-state index contributed by atoms with van der Waals surface area (Å²) in [5, 5.41) is 2.88. The summed E-state index contributed by atoms with van der Waals surface area (Å²) in [6.07, 6.45) is 7.72. The lowest BCUT2D eigenvalue weighted by molar-refractivity contribution is -0.116. The molecular formula is C18H29N5O. The van der Waals surface area contributed by atoms with E-state index >= 15 is 0 Å². The molecule has 0 atom stereocenters. The van der Waals surface area contributed by atoms with Crippen molar-refractivity contribution in [2.24, 2.45) is 5.92 Å². The highest BCUT2D eigenvalue weighted by Crippen LogP contribution is 2.25. The van der Waals surface area contributed by atoms with Crippen LogP contribution in [0.3, 0.4) is 0 Å². The van der Waals surface area contributed by atoms with Gasteiger partial charge in [-0.25, -0.2) is 4.98 Å². The second-order valence-corrected chi connectivity index (χ2v) is 7.35. The molecule has 0 aromatic carbocycles. The molecule has 0 unspecified atom stereocenters. The molecule has 1 aromatic heterocycles. The molecule has 132 valence electrons. The average molecular weight is 331 g/mol. The van der Waals surface area contributed by atoms with E-state index in [1.807, 2.05) is 13.8 Å². The lowest BCUT2D eigenvalue weighted by atomic mass is 10.1. The Labute approximate surface area is 144 Å². The lowest BCUT2D eigenvalue weighted by Gasteiger charge is -2.38. The summed E-state index contributed by atoms with van der Waals surface area (Å²) in [5.41, 5.74) is 0. The molecule has 0 radical (unpaired) electrons. The van der Waals surface area contributed by atoms with Crippen LogP contribution in [0.4, 0.5) is 11.8 Å². The van der Waals surface area contributed by atoms with Crippen molar-refractivity contribution >= 4 is 17.7 Å². The lowest BCUT2D eigenvalue weighted by Crippen LogP contribution is -2.50. The third-order valence-corrected chi connectivity index (χ3v) is 4.94. The van der Waals surface area contributed by atoms with Crippen LogP contribution >= 0.6 is 0 Å². The van der Waals surface area contributed by atoms with Gasteiger partial charge in [-0.3, -0.25) is 9.69 Å². The second kappa shape index (κ2) is 7.92. The van der Waals surface area contributed by atoms with Crippen molar-refractivity contribution in [1.82, 2.24) is 14.9 Å². The maximum atomic E-state index is 11.9. The molecule has 24 heavy (non-hydrogen) atoms. The van der Waals surface area contributed by atoms with E-state index < -0.39 is 0 Å². The first-order valence-corrected chi connectivity index (χ1v) is 9.23. The number of nitrogens with zero attached hydrogens (tertiary/aromatic N) is 4. The molecule has 2 fully saturated rings. The van der Waals surface area contributed by atoms with Crippen LogP contribution in [-0.2, 0) is 4.79 Å². The fourth-order valence-electron chi connectivity index (χ4n) is 3.69. The Morgan fingerprint density at radius 1 is 1.25 bits per heavy atom. The molecule has 1 saturated carbocycles. The summed E-state index contributed by atoms with van der Waals surface area (Å²) < 4.78 is 0. The normalized spacial score (nSPS) is 19.9. The molecular weight excluding hydrogens is 302 g/mol. The van der Waals surface area contributed by atoms with Crippen molar-refractivity contribution in [1.29, 1.82) is 0 Å². The third-order valence-electron chi connectivity index (χ3n) is 4.94. The third kappa shape index (κ3) is 4.44. The van der Waals surface area contributed by atoms with E-state index in [2.05, 4.69) is 25.1 Å². The second-order valence-electron chi connectivity index (χ2n) is 7.35. The minimum atomic E-state index is 0.0145. The zero-order chi connectivity index (χ0) is 16.9. The van der Waals surface area contributed by atoms with E-state index in [0.717, 1.165) is 38.2 Å². The quantitative estimate of drug-likeness (QED) is 0.898. The van der Waals surface area contributed by atoms with E-state index in [-0.39, 0.29) is 5.91 Å². The fourth-order valence-corrected chi connectivity index (χ4v) is 3.69. The molecule has 1 aromatic rings. The summed E-state index contributed by atoms with van der Waals surface area (Å²) in [4.78, 5) is 25.7. The van der Waals surface area contributed by atoms with Crippen LogP contribution in [0.2, 0.25) is 0 Å². The number of rotatable bonds is 5. The predicted molar refractivity (Wildman–Crippen MR) is 96.2 cm³/mol. The highest BCUT2D eigenvalue weighted by molar-refractivity contribution is 5.89. The predicted octanol–water partition coefficient (Wildman–Crippen LogP) is 2.53. The summed E-state index contributed by atoms with van der Waals surface area (Å²) in [7, 11) is 0. The molecule has 1 aliphatic heterocycles. The van der Waals surface area contributed by atoms with Crippen molar-refractivity contribution in [3.05, 3.63) is 12.3 Å². The Bertz CT molecular complexity index is 548. The molecule has 3 rings (SSSR count). The van der Waals surface area contributed by atoms with Gasteiger partial charge in [-0.05, 0) is 24.8 Å². The molecule has 1 amide bonds. The van der Waals surface area contributed by atoms with Crippen LogP contribution < -0.4 is 10.2 Å². The number of hydrogen-bond donors (Lipinski definition) is 1. The van der Waals surface area contributed by atoms with Gasteiger partial charge in [0.25, 0.3) is 0 Å². The van der Waals surface area contributed by atoms with Crippen molar-refractivity contribution < 1.29 is 4.79 Å². The van der Waals surface area contributed by atoms with Crippen molar-refractivity contribution in [3.63, 3.8) is 0 Å². The zero-order valence-corrected chi connectivity index (χ0v) is 14.9. The molecule has 0 bridgehead atoms. The number of carbonyl (C=O) groups excluding carboxylic acids is 1. The summed E-state index contributed by atoms with van der Waals surface area (Å²) in [6, 6.07) is 2.55. The number of nitrogens with one attached hydrogen (secondary N) is 1. The van der Waals surface area contributed by atoms with Gasteiger partial charge in [0.05, 0.1) is 0 Å². The highest BCUT2D eigenvalue weighted by atomic mass is 16.1. The molecule has 1 aliphatic carbocycles. The average Bonchev–Trinajstić information content (AvgIpc) is 3.09. The topological polar surface area (TPSA) is 61.4 Å². The van der Waals surface area contributed by atoms with Crippen LogP contribution in [0.25, 0.3) is 0 Å².